The quantitative estimate of drug-likeness (QED) is 0.863. The predicted molar refractivity (Wildman–Crippen MR) is 63.1 cm³/mol. The molecule has 0 amide bonds. The Morgan fingerprint density at radius 2 is 2.06 bits per heavy atom. The molecule has 1 heterocycles. The van der Waals surface area contributed by atoms with Gasteiger partial charge in [0.25, 0.3) is 0 Å². The maximum Gasteiger partial charge on any atom is 0.130 e. The Balaban J connectivity index is 2.67. The fourth-order valence-corrected chi connectivity index (χ4v) is 1.60. The third kappa shape index (κ3) is 2.04. The number of hydrogen-bond acceptors (Lipinski definition) is 4. The number of rotatable bonds is 2. The number of aromatic nitrogens is 2. The molecule has 0 radical (unpaired) electrons. The minimum Gasteiger partial charge on any atom is -0.496 e. The van der Waals surface area contributed by atoms with E-state index < -0.39 is 0 Å². The molecule has 2 rings (SSSR count). The van der Waals surface area contributed by atoms with E-state index in [0.717, 1.165) is 0 Å². The van der Waals surface area contributed by atoms with Gasteiger partial charge in [0.2, 0.25) is 0 Å². The Hall–Kier alpha value is -2.17. The summed E-state index contributed by atoms with van der Waals surface area (Å²) >= 11 is 0. The van der Waals surface area contributed by atoms with Crippen molar-refractivity contribution in [1.82, 2.24) is 9.97 Å². The molecule has 2 aromatic rings. The largest absolute Gasteiger partial charge is 0.496 e. The van der Waals surface area contributed by atoms with Crippen molar-refractivity contribution in [3.63, 3.8) is 0 Å². The molecule has 17 heavy (non-hydrogen) atoms. The fourth-order valence-electron chi connectivity index (χ4n) is 1.60. The van der Waals surface area contributed by atoms with Crippen LogP contribution in [-0.2, 0) is 0 Å². The van der Waals surface area contributed by atoms with Gasteiger partial charge in [0, 0.05) is 11.1 Å². The molecule has 0 fully saturated rings. The fraction of sp³-hybridized carbons (Fsp3) is 0.167. The first kappa shape index (κ1) is 11.3. The molecule has 0 aliphatic rings. The summed E-state index contributed by atoms with van der Waals surface area (Å²) in [4.78, 5) is 8.00. The summed E-state index contributed by atoms with van der Waals surface area (Å²) in [6, 6.07) is 4.26. The van der Waals surface area contributed by atoms with Gasteiger partial charge in [-0.15, -0.1) is 0 Å². The second-order valence-electron chi connectivity index (χ2n) is 3.58. The number of hydrogen-bond donors (Lipinski definition) is 1. The van der Waals surface area contributed by atoms with Crippen molar-refractivity contribution in [3.8, 4) is 17.0 Å². The topological polar surface area (TPSA) is 61.0 Å². The highest BCUT2D eigenvalue weighted by Crippen LogP contribution is 2.32. The van der Waals surface area contributed by atoms with E-state index in [4.69, 9.17) is 10.5 Å². The molecule has 2 N–H and O–H groups in total. The monoisotopic (exact) mass is 233 g/mol. The van der Waals surface area contributed by atoms with E-state index in [2.05, 4.69) is 9.97 Å². The number of anilines is 1. The van der Waals surface area contributed by atoms with Crippen LogP contribution in [0.25, 0.3) is 11.3 Å². The standard InChI is InChI=1S/C12H12FN3O/c1-7-11(15-6-16-12(7)14)9-5-8(13)3-4-10(9)17-2/h3-6H,1-2H3,(H2,14,15,16). The van der Waals surface area contributed by atoms with Gasteiger partial charge in [0.05, 0.1) is 12.8 Å². The molecule has 0 saturated carbocycles. The van der Waals surface area contributed by atoms with Gasteiger partial charge in [-0.25, -0.2) is 14.4 Å². The molecule has 4 nitrogen and oxygen atoms in total. The summed E-state index contributed by atoms with van der Waals surface area (Å²) in [5.74, 6) is 0.575. The Morgan fingerprint density at radius 1 is 1.29 bits per heavy atom. The van der Waals surface area contributed by atoms with Crippen molar-refractivity contribution in [3.05, 3.63) is 35.9 Å². The lowest BCUT2D eigenvalue weighted by Gasteiger charge is -2.10. The molecule has 5 heteroatoms. The van der Waals surface area contributed by atoms with Crippen molar-refractivity contribution in [2.45, 2.75) is 6.92 Å². The first-order valence-electron chi connectivity index (χ1n) is 5.04. The van der Waals surface area contributed by atoms with Crippen LogP contribution < -0.4 is 10.5 Å². The van der Waals surface area contributed by atoms with Gasteiger partial charge in [-0.2, -0.15) is 0 Å². The van der Waals surface area contributed by atoms with Crippen molar-refractivity contribution in [1.29, 1.82) is 0 Å². The zero-order valence-electron chi connectivity index (χ0n) is 9.57. The number of methoxy groups -OCH3 is 1. The maximum absolute atomic E-state index is 13.3. The number of nitrogens with zero attached hydrogens (tertiary/aromatic N) is 2. The smallest absolute Gasteiger partial charge is 0.130 e. The van der Waals surface area contributed by atoms with E-state index in [9.17, 15) is 4.39 Å². The SMILES string of the molecule is COc1ccc(F)cc1-c1ncnc(N)c1C. The Bertz CT molecular complexity index is 557. The molecule has 0 unspecified atom stereocenters. The lowest BCUT2D eigenvalue weighted by molar-refractivity contribution is 0.415. The highest BCUT2D eigenvalue weighted by Gasteiger charge is 2.12. The van der Waals surface area contributed by atoms with Crippen LogP contribution in [0.4, 0.5) is 10.2 Å². The van der Waals surface area contributed by atoms with Gasteiger partial charge in [-0.05, 0) is 25.1 Å². The summed E-state index contributed by atoms with van der Waals surface area (Å²) in [7, 11) is 1.52. The predicted octanol–water partition coefficient (Wildman–Crippen LogP) is 2.18. The number of ether oxygens (including phenoxy) is 1. The molecule has 0 aliphatic heterocycles. The molecule has 0 bridgehead atoms. The van der Waals surface area contributed by atoms with Crippen LogP contribution >= 0.6 is 0 Å². The van der Waals surface area contributed by atoms with Crippen LogP contribution in [0.5, 0.6) is 5.75 Å². The van der Waals surface area contributed by atoms with Gasteiger partial charge < -0.3 is 10.5 Å². The minimum atomic E-state index is -0.350. The molecular weight excluding hydrogens is 221 g/mol. The number of nitrogens with two attached hydrogens (primary N) is 1. The molecule has 0 atom stereocenters. The zero-order chi connectivity index (χ0) is 12.4. The van der Waals surface area contributed by atoms with Crippen LogP contribution in [0.1, 0.15) is 5.56 Å². The van der Waals surface area contributed by atoms with Gasteiger partial charge in [0.15, 0.2) is 0 Å². The third-order valence-electron chi connectivity index (χ3n) is 2.54. The number of halogens is 1. The van der Waals surface area contributed by atoms with Crippen molar-refractivity contribution >= 4 is 5.82 Å². The second kappa shape index (κ2) is 4.37. The Labute approximate surface area is 98.3 Å². The number of nitrogen functional groups attached to an aromatic ring is 1. The van der Waals surface area contributed by atoms with E-state index in [1.165, 1.54) is 25.6 Å². The average molecular weight is 233 g/mol. The van der Waals surface area contributed by atoms with Gasteiger partial charge in [0.1, 0.15) is 23.7 Å². The first-order chi connectivity index (χ1) is 8.13. The van der Waals surface area contributed by atoms with Crippen LogP contribution in [-0.4, -0.2) is 17.1 Å². The average Bonchev–Trinajstić information content (AvgIpc) is 2.33. The third-order valence-corrected chi connectivity index (χ3v) is 2.54. The Morgan fingerprint density at radius 3 is 2.76 bits per heavy atom. The number of benzene rings is 1. The summed E-state index contributed by atoms with van der Waals surface area (Å²) in [6.45, 7) is 1.79. The van der Waals surface area contributed by atoms with E-state index in [0.29, 0.717) is 28.4 Å². The summed E-state index contributed by atoms with van der Waals surface area (Å²) in [6.07, 6.45) is 1.35. The molecule has 1 aromatic carbocycles. The first-order valence-corrected chi connectivity index (χ1v) is 5.04. The molecule has 0 saturated heterocycles. The molecule has 1 aromatic heterocycles. The van der Waals surface area contributed by atoms with Gasteiger partial charge in [-0.1, -0.05) is 0 Å². The minimum absolute atomic E-state index is 0.350. The Kier molecular flexibility index (Phi) is 2.91. The lowest BCUT2D eigenvalue weighted by atomic mass is 10.1. The van der Waals surface area contributed by atoms with Crippen LogP contribution in [0.2, 0.25) is 0 Å². The van der Waals surface area contributed by atoms with Crippen LogP contribution in [0, 0.1) is 12.7 Å². The van der Waals surface area contributed by atoms with E-state index in [1.54, 1.807) is 13.0 Å². The second-order valence-corrected chi connectivity index (χ2v) is 3.58. The normalized spacial score (nSPS) is 10.3. The van der Waals surface area contributed by atoms with E-state index in [-0.39, 0.29) is 5.82 Å². The maximum atomic E-state index is 13.3. The van der Waals surface area contributed by atoms with Crippen LogP contribution in [0.15, 0.2) is 24.5 Å². The van der Waals surface area contributed by atoms with Crippen molar-refractivity contribution in [2.75, 3.05) is 12.8 Å². The molecule has 88 valence electrons. The van der Waals surface area contributed by atoms with E-state index >= 15 is 0 Å². The molecule has 0 aliphatic carbocycles. The highest BCUT2D eigenvalue weighted by atomic mass is 19.1. The summed E-state index contributed by atoms with van der Waals surface area (Å²) in [5.41, 5.74) is 7.55. The highest BCUT2D eigenvalue weighted by molar-refractivity contribution is 5.72. The van der Waals surface area contributed by atoms with Crippen molar-refractivity contribution in [2.24, 2.45) is 0 Å². The van der Waals surface area contributed by atoms with Gasteiger partial charge in [-0.3, -0.25) is 0 Å². The van der Waals surface area contributed by atoms with Crippen molar-refractivity contribution < 1.29 is 9.13 Å². The summed E-state index contributed by atoms with van der Waals surface area (Å²) < 4.78 is 18.5. The lowest BCUT2D eigenvalue weighted by Crippen LogP contribution is -2.00. The molecular formula is C12H12FN3O. The summed E-state index contributed by atoms with van der Waals surface area (Å²) in [5, 5.41) is 0. The van der Waals surface area contributed by atoms with Crippen LogP contribution in [0.3, 0.4) is 0 Å². The molecule has 0 spiro atoms. The van der Waals surface area contributed by atoms with Gasteiger partial charge >= 0.3 is 0 Å². The zero-order valence-corrected chi connectivity index (χ0v) is 9.57. The van der Waals surface area contributed by atoms with E-state index in [1.807, 2.05) is 0 Å².